The van der Waals surface area contributed by atoms with Gasteiger partial charge in [-0.15, -0.1) is 11.3 Å². The third-order valence-electron chi connectivity index (χ3n) is 6.65. The molecule has 34 heavy (non-hydrogen) atoms. The second-order valence-corrected chi connectivity index (χ2v) is 10.5. The molecule has 6 nitrogen and oxygen atoms in total. The van der Waals surface area contributed by atoms with Crippen LogP contribution in [0.5, 0.6) is 5.75 Å². The van der Waals surface area contributed by atoms with Crippen molar-refractivity contribution < 1.29 is 14.3 Å². The van der Waals surface area contributed by atoms with Crippen LogP contribution in [0.15, 0.2) is 30.5 Å². The largest absolute Gasteiger partial charge is 0.489 e. The summed E-state index contributed by atoms with van der Waals surface area (Å²) in [5, 5.41) is 4.04. The maximum atomic E-state index is 12.4. The Morgan fingerprint density at radius 2 is 1.91 bits per heavy atom. The van der Waals surface area contributed by atoms with E-state index >= 15 is 0 Å². The summed E-state index contributed by atoms with van der Waals surface area (Å²) in [6, 6.07) is 7.65. The van der Waals surface area contributed by atoms with Crippen molar-refractivity contribution in [1.29, 1.82) is 0 Å². The molecule has 0 radical (unpaired) electrons. The van der Waals surface area contributed by atoms with Gasteiger partial charge in [0.2, 0.25) is 11.8 Å². The zero-order valence-electron chi connectivity index (χ0n) is 19.4. The molecule has 5 rings (SSSR count). The van der Waals surface area contributed by atoms with E-state index in [0.717, 1.165) is 63.5 Å². The van der Waals surface area contributed by atoms with Crippen molar-refractivity contribution in [2.24, 2.45) is 0 Å². The summed E-state index contributed by atoms with van der Waals surface area (Å²) < 4.78 is 7.55. The van der Waals surface area contributed by atoms with Crippen LogP contribution in [-0.2, 0) is 9.59 Å². The molecule has 2 fully saturated rings. The van der Waals surface area contributed by atoms with Crippen LogP contribution in [0.25, 0.3) is 21.3 Å². The van der Waals surface area contributed by atoms with Gasteiger partial charge >= 0.3 is 0 Å². The van der Waals surface area contributed by atoms with Crippen LogP contribution < -0.4 is 10.1 Å². The van der Waals surface area contributed by atoms with E-state index in [1.54, 1.807) is 17.5 Å². The molecule has 0 spiro atoms. The van der Waals surface area contributed by atoms with Gasteiger partial charge in [0.15, 0.2) is 0 Å². The van der Waals surface area contributed by atoms with Crippen molar-refractivity contribution in [2.45, 2.75) is 58.1 Å². The molecule has 1 N–H and O–H groups in total. The van der Waals surface area contributed by atoms with E-state index in [4.69, 9.17) is 16.3 Å². The Hall–Kier alpha value is -2.48. The lowest BCUT2D eigenvalue weighted by Gasteiger charge is -2.26. The number of benzene rings is 1. The molecule has 0 bridgehead atoms. The van der Waals surface area contributed by atoms with Gasteiger partial charge in [-0.2, -0.15) is 0 Å². The number of imide groups is 1. The fourth-order valence-electron chi connectivity index (χ4n) is 4.95. The van der Waals surface area contributed by atoms with Gasteiger partial charge in [0, 0.05) is 40.1 Å². The number of thiophene rings is 1. The summed E-state index contributed by atoms with van der Waals surface area (Å²) in [4.78, 5) is 31.9. The highest BCUT2D eigenvalue weighted by Crippen LogP contribution is 2.44. The molecule has 2 amide bonds. The molecule has 1 unspecified atom stereocenters. The predicted molar refractivity (Wildman–Crippen MR) is 135 cm³/mol. The van der Waals surface area contributed by atoms with Crippen molar-refractivity contribution in [3.8, 4) is 16.9 Å². The molecule has 2 aromatic heterocycles. The lowest BCUT2D eigenvalue weighted by Crippen LogP contribution is -2.34. The number of amides is 2. The minimum Gasteiger partial charge on any atom is -0.489 e. The summed E-state index contributed by atoms with van der Waals surface area (Å²) in [5.74, 6) is 0.673. The number of likely N-dealkylation sites (tertiary alicyclic amines) is 1. The smallest absolute Gasteiger partial charge is 0.230 e. The van der Waals surface area contributed by atoms with Crippen molar-refractivity contribution in [3.05, 3.63) is 45.9 Å². The quantitative estimate of drug-likeness (QED) is 0.445. The number of ether oxygens (including phenoxy) is 1. The molecule has 2 saturated heterocycles. The van der Waals surface area contributed by atoms with Gasteiger partial charge in [-0.25, -0.2) is 0 Å². The first-order valence-electron chi connectivity index (χ1n) is 11.9. The highest BCUT2D eigenvalue weighted by Gasteiger charge is 2.36. The number of aryl methyl sites for hydroxylation is 1. The predicted octanol–water partition coefficient (Wildman–Crippen LogP) is 5.66. The molecule has 8 heteroatoms. The highest BCUT2D eigenvalue weighted by molar-refractivity contribution is 7.19. The molecule has 0 saturated carbocycles. The lowest BCUT2D eigenvalue weighted by molar-refractivity contribution is -0.141. The fourth-order valence-corrected chi connectivity index (χ4v) is 6.54. The van der Waals surface area contributed by atoms with Gasteiger partial charge in [-0.3, -0.25) is 19.5 Å². The SMILES string of the molecule is CCC(c1cc2nccc(-c3cc(Cl)cc(C)c3OC3CCNCC3)c2s1)N1C(=O)CCC1=O. The van der Waals surface area contributed by atoms with Gasteiger partial charge in [0.05, 0.1) is 16.3 Å². The van der Waals surface area contributed by atoms with Crippen molar-refractivity contribution in [3.63, 3.8) is 0 Å². The zero-order chi connectivity index (χ0) is 23.8. The Morgan fingerprint density at radius 3 is 2.62 bits per heavy atom. The average Bonchev–Trinajstić information content (AvgIpc) is 3.40. The third-order valence-corrected chi connectivity index (χ3v) is 8.13. The molecule has 178 valence electrons. The summed E-state index contributed by atoms with van der Waals surface area (Å²) >= 11 is 8.09. The first-order chi connectivity index (χ1) is 16.5. The minimum absolute atomic E-state index is 0.0920. The average molecular weight is 498 g/mol. The second-order valence-electron chi connectivity index (χ2n) is 8.97. The number of fused-ring (bicyclic) bond motifs is 1. The molecular weight excluding hydrogens is 470 g/mol. The van der Waals surface area contributed by atoms with E-state index in [0.29, 0.717) is 24.3 Å². The van der Waals surface area contributed by atoms with Gasteiger partial charge in [-0.05, 0) is 69.1 Å². The van der Waals surface area contributed by atoms with Crippen molar-refractivity contribution in [1.82, 2.24) is 15.2 Å². The second kappa shape index (κ2) is 9.64. The Labute approximate surface area is 208 Å². The number of rotatable bonds is 6. The van der Waals surface area contributed by atoms with E-state index in [2.05, 4.69) is 10.3 Å². The van der Waals surface area contributed by atoms with E-state index in [-0.39, 0.29) is 24.0 Å². The summed E-state index contributed by atoms with van der Waals surface area (Å²) in [6.07, 6.45) is 5.14. The van der Waals surface area contributed by atoms with Crippen LogP contribution in [0.3, 0.4) is 0 Å². The number of aromatic nitrogens is 1. The molecular formula is C26H28ClN3O3S. The molecule has 0 aliphatic carbocycles. The first-order valence-corrected chi connectivity index (χ1v) is 13.1. The Morgan fingerprint density at radius 1 is 1.18 bits per heavy atom. The monoisotopic (exact) mass is 497 g/mol. The van der Waals surface area contributed by atoms with Gasteiger partial charge in [0.25, 0.3) is 0 Å². The molecule has 2 aliphatic rings. The molecule has 1 atom stereocenters. The Balaban J connectivity index is 1.59. The van der Waals surface area contributed by atoms with Crippen LogP contribution in [0.1, 0.15) is 55.5 Å². The first kappa shape index (κ1) is 23.3. The number of nitrogens with one attached hydrogen (secondary N) is 1. The third kappa shape index (κ3) is 4.32. The van der Waals surface area contributed by atoms with Crippen LogP contribution in [0.4, 0.5) is 0 Å². The van der Waals surface area contributed by atoms with Crippen LogP contribution in [0.2, 0.25) is 5.02 Å². The number of halogens is 1. The van der Waals surface area contributed by atoms with Gasteiger partial charge in [-0.1, -0.05) is 18.5 Å². The van der Waals surface area contributed by atoms with E-state index in [1.807, 2.05) is 38.1 Å². The number of piperidine rings is 1. The van der Waals surface area contributed by atoms with Crippen LogP contribution in [0, 0.1) is 6.92 Å². The van der Waals surface area contributed by atoms with Crippen LogP contribution in [-0.4, -0.2) is 40.9 Å². The minimum atomic E-state index is -0.263. The van der Waals surface area contributed by atoms with Crippen molar-refractivity contribution in [2.75, 3.05) is 13.1 Å². The summed E-state index contributed by atoms with van der Waals surface area (Å²) in [5.41, 5.74) is 3.80. The highest BCUT2D eigenvalue weighted by atomic mass is 35.5. The normalized spacial score (nSPS) is 18.1. The van der Waals surface area contributed by atoms with Crippen molar-refractivity contribution >= 4 is 45.0 Å². The topological polar surface area (TPSA) is 71.5 Å². The number of carbonyl (C=O) groups is 2. The Kier molecular flexibility index (Phi) is 6.60. The van der Waals surface area contributed by atoms with Gasteiger partial charge in [0.1, 0.15) is 11.9 Å². The fraction of sp³-hybridized carbons (Fsp3) is 0.423. The summed E-state index contributed by atoms with van der Waals surface area (Å²) in [7, 11) is 0. The number of pyridine rings is 1. The van der Waals surface area contributed by atoms with Crippen LogP contribution >= 0.6 is 22.9 Å². The standard InChI is InChI=1S/C26H28ClN3O3S/c1-3-21(30-23(31)4-5-24(30)32)22-14-20-26(34-22)18(8-11-29-20)19-13-16(27)12-15(2)25(19)33-17-6-9-28-10-7-17/h8,11-14,17,21,28H,3-7,9-10H2,1-2H3. The maximum Gasteiger partial charge on any atom is 0.230 e. The number of nitrogens with zero attached hydrogens (tertiary/aromatic N) is 2. The zero-order valence-corrected chi connectivity index (χ0v) is 21.0. The molecule has 1 aromatic carbocycles. The van der Waals surface area contributed by atoms with E-state index in [9.17, 15) is 9.59 Å². The maximum absolute atomic E-state index is 12.4. The molecule has 4 heterocycles. The number of hydrogen-bond donors (Lipinski definition) is 1. The van der Waals surface area contributed by atoms with E-state index in [1.165, 1.54) is 4.90 Å². The van der Waals surface area contributed by atoms with E-state index < -0.39 is 0 Å². The van der Waals surface area contributed by atoms with Gasteiger partial charge < -0.3 is 10.1 Å². The number of hydrogen-bond acceptors (Lipinski definition) is 6. The number of carbonyl (C=O) groups excluding carboxylic acids is 2. The molecule has 3 aromatic rings. The molecule has 2 aliphatic heterocycles. The summed E-state index contributed by atoms with van der Waals surface area (Å²) in [6.45, 7) is 5.94. The lowest BCUT2D eigenvalue weighted by atomic mass is 10.0. The Bertz CT molecular complexity index is 1240.